The number of aromatic nitrogens is 2. The molecule has 9 heteroatoms. The predicted molar refractivity (Wildman–Crippen MR) is 107 cm³/mol. The van der Waals surface area contributed by atoms with Crippen molar-refractivity contribution in [2.75, 3.05) is 6.61 Å². The molecule has 0 radical (unpaired) electrons. The summed E-state index contributed by atoms with van der Waals surface area (Å²) in [7, 11) is 0. The first-order chi connectivity index (χ1) is 14.3. The van der Waals surface area contributed by atoms with E-state index in [1.165, 1.54) is 12.3 Å². The second kappa shape index (κ2) is 9.93. The van der Waals surface area contributed by atoms with E-state index in [9.17, 15) is 18.4 Å². The fourth-order valence-corrected chi connectivity index (χ4v) is 3.21. The number of carbonyl (C=O) groups excluding carboxylic acids is 2. The van der Waals surface area contributed by atoms with Gasteiger partial charge in [-0.15, -0.1) is 0 Å². The summed E-state index contributed by atoms with van der Waals surface area (Å²) in [4.78, 5) is 32.9. The number of nitrogens with one attached hydrogen (secondary N) is 1. The van der Waals surface area contributed by atoms with Gasteiger partial charge >= 0.3 is 0 Å². The van der Waals surface area contributed by atoms with Crippen LogP contribution in [0, 0.1) is 12.8 Å². The maximum atomic E-state index is 12.5. The van der Waals surface area contributed by atoms with Crippen LogP contribution in [0.15, 0.2) is 24.4 Å². The molecule has 160 valence electrons. The zero-order valence-corrected chi connectivity index (χ0v) is 17.2. The van der Waals surface area contributed by atoms with Crippen molar-refractivity contribution in [3.05, 3.63) is 51.9 Å². The molecule has 1 N–H and O–H groups in total. The molecule has 0 bridgehead atoms. The zero-order chi connectivity index (χ0) is 21.7. The van der Waals surface area contributed by atoms with E-state index >= 15 is 0 Å². The molecule has 30 heavy (non-hydrogen) atoms. The maximum Gasteiger partial charge on any atom is 0.272 e. The molecule has 0 saturated heterocycles. The van der Waals surface area contributed by atoms with E-state index in [1.54, 1.807) is 19.1 Å². The Labute approximate surface area is 178 Å². The number of aryl methyl sites for hydroxylation is 1. The molecule has 0 aliphatic heterocycles. The lowest BCUT2D eigenvalue weighted by molar-refractivity contribution is -0.118. The van der Waals surface area contributed by atoms with Crippen molar-refractivity contribution >= 4 is 23.3 Å². The minimum Gasteiger partial charge on any atom is -0.471 e. The number of halogens is 3. The molecule has 1 aliphatic rings. The van der Waals surface area contributed by atoms with Crippen LogP contribution in [-0.4, -0.2) is 34.7 Å². The van der Waals surface area contributed by atoms with E-state index in [1.807, 2.05) is 0 Å². The highest BCUT2D eigenvalue weighted by molar-refractivity contribution is 6.31. The Morgan fingerprint density at radius 2 is 2.07 bits per heavy atom. The molecular formula is C21H22ClF2N3O3. The summed E-state index contributed by atoms with van der Waals surface area (Å²) in [6.07, 6.45) is 1.78. The molecule has 0 spiro atoms. The Bertz CT molecular complexity index is 936. The van der Waals surface area contributed by atoms with Crippen molar-refractivity contribution in [3.63, 3.8) is 0 Å². The van der Waals surface area contributed by atoms with Gasteiger partial charge in [0.05, 0.1) is 0 Å². The monoisotopic (exact) mass is 437 g/mol. The topological polar surface area (TPSA) is 81.2 Å². The van der Waals surface area contributed by atoms with E-state index in [-0.39, 0.29) is 35.6 Å². The summed E-state index contributed by atoms with van der Waals surface area (Å²) in [6.45, 7) is 1.11. The Hall–Kier alpha value is -2.61. The smallest absolute Gasteiger partial charge is 0.272 e. The van der Waals surface area contributed by atoms with Gasteiger partial charge in [-0.3, -0.25) is 14.6 Å². The van der Waals surface area contributed by atoms with Gasteiger partial charge in [0.25, 0.3) is 12.3 Å². The highest BCUT2D eigenvalue weighted by Crippen LogP contribution is 2.32. The average Bonchev–Trinajstić information content (AvgIpc) is 3.48. The molecule has 3 rings (SSSR count). The lowest BCUT2D eigenvalue weighted by atomic mass is 10.1. The molecule has 2 aromatic rings. The van der Waals surface area contributed by atoms with Crippen LogP contribution in [-0.2, 0) is 17.8 Å². The molecule has 0 unspecified atom stereocenters. The van der Waals surface area contributed by atoms with Crippen molar-refractivity contribution in [1.82, 2.24) is 15.3 Å². The zero-order valence-electron chi connectivity index (χ0n) is 16.5. The molecule has 1 amide bonds. The number of pyridine rings is 2. The summed E-state index contributed by atoms with van der Waals surface area (Å²) in [5.74, 6) is 0.234. The van der Waals surface area contributed by atoms with Gasteiger partial charge in [0.2, 0.25) is 5.88 Å². The first kappa shape index (κ1) is 22.1. The second-order valence-electron chi connectivity index (χ2n) is 7.37. The Kier molecular flexibility index (Phi) is 7.31. The Balaban J connectivity index is 1.58. The van der Waals surface area contributed by atoms with Gasteiger partial charge in [0, 0.05) is 42.5 Å². The van der Waals surface area contributed by atoms with Crippen LogP contribution in [0.4, 0.5) is 8.78 Å². The SMILES string of the molecule is Cc1cc(C(=O)NCc2cnc(OCC(F)F)c(Cl)c2)cc(CC(=O)CC2CC2)n1. The number of carbonyl (C=O) groups is 2. The normalized spacial score (nSPS) is 13.4. The number of ether oxygens (including phenoxy) is 1. The number of nitrogens with zero attached hydrogens (tertiary/aromatic N) is 2. The van der Waals surface area contributed by atoms with E-state index in [0.29, 0.717) is 34.9 Å². The standard InChI is InChI=1S/C21H22ClF2N3O3/c1-12-4-15(7-16(27-12)8-17(28)5-13-2-3-13)20(29)25-9-14-6-18(22)21(26-10-14)30-11-19(23)24/h4,6-7,10,13,19H,2-3,5,8-9,11H2,1H3,(H,25,29). The van der Waals surface area contributed by atoms with Crippen LogP contribution in [0.25, 0.3) is 0 Å². The lowest BCUT2D eigenvalue weighted by Gasteiger charge is -2.10. The van der Waals surface area contributed by atoms with E-state index in [4.69, 9.17) is 16.3 Å². The first-order valence-electron chi connectivity index (χ1n) is 9.63. The van der Waals surface area contributed by atoms with Crippen molar-refractivity contribution in [2.24, 2.45) is 5.92 Å². The fourth-order valence-electron chi connectivity index (χ4n) is 2.97. The highest BCUT2D eigenvalue weighted by atomic mass is 35.5. The van der Waals surface area contributed by atoms with E-state index < -0.39 is 13.0 Å². The molecule has 0 aromatic carbocycles. The van der Waals surface area contributed by atoms with Crippen LogP contribution in [0.2, 0.25) is 5.02 Å². The van der Waals surface area contributed by atoms with Gasteiger partial charge in [-0.25, -0.2) is 13.8 Å². The molecule has 0 atom stereocenters. The third kappa shape index (κ3) is 6.73. The summed E-state index contributed by atoms with van der Waals surface area (Å²) >= 11 is 5.99. The van der Waals surface area contributed by atoms with Crippen molar-refractivity contribution in [2.45, 2.75) is 45.6 Å². The second-order valence-corrected chi connectivity index (χ2v) is 7.77. The molecule has 6 nitrogen and oxygen atoms in total. The third-order valence-corrected chi connectivity index (χ3v) is 4.79. The van der Waals surface area contributed by atoms with Gasteiger partial charge in [0.15, 0.2) is 6.61 Å². The largest absolute Gasteiger partial charge is 0.471 e. The molecule has 2 aromatic heterocycles. The summed E-state index contributed by atoms with van der Waals surface area (Å²) in [5.41, 5.74) is 2.23. The average molecular weight is 438 g/mol. The van der Waals surface area contributed by atoms with Gasteiger partial charge in [-0.1, -0.05) is 11.6 Å². The first-order valence-corrected chi connectivity index (χ1v) is 10.0. The number of hydrogen-bond donors (Lipinski definition) is 1. The highest BCUT2D eigenvalue weighted by Gasteiger charge is 2.24. The van der Waals surface area contributed by atoms with Crippen molar-refractivity contribution < 1.29 is 23.1 Å². The number of rotatable bonds is 10. The van der Waals surface area contributed by atoms with Crippen LogP contribution in [0.1, 0.15) is 46.6 Å². The van der Waals surface area contributed by atoms with E-state index in [2.05, 4.69) is 15.3 Å². The van der Waals surface area contributed by atoms with Crippen LogP contribution in [0.3, 0.4) is 0 Å². The van der Waals surface area contributed by atoms with Gasteiger partial charge < -0.3 is 10.1 Å². The van der Waals surface area contributed by atoms with Gasteiger partial charge in [-0.05, 0) is 49.4 Å². The maximum absolute atomic E-state index is 12.5. The molecule has 2 heterocycles. The number of ketones is 1. The Morgan fingerprint density at radius 3 is 2.73 bits per heavy atom. The molecule has 1 aliphatic carbocycles. The minimum absolute atomic E-state index is 0.0821. The summed E-state index contributed by atoms with van der Waals surface area (Å²) in [5, 5.41) is 2.83. The van der Waals surface area contributed by atoms with Crippen LogP contribution >= 0.6 is 11.6 Å². The quantitative estimate of drug-likeness (QED) is 0.609. The van der Waals surface area contributed by atoms with Gasteiger partial charge in [0.1, 0.15) is 10.8 Å². The third-order valence-electron chi connectivity index (χ3n) is 4.52. The Morgan fingerprint density at radius 1 is 1.30 bits per heavy atom. The predicted octanol–water partition coefficient (Wildman–Crippen LogP) is 3.92. The summed E-state index contributed by atoms with van der Waals surface area (Å²) < 4.78 is 29.3. The fraction of sp³-hybridized carbons (Fsp3) is 0.429. The molecule has 1 saturated carbocycles. The van der Waals surface area contributed by atoms with E-state index in [0.717, 1.165) is 12.8 Å². The lowest BCUT2D eigenvalue weighted by Crippen LogP contribution is -2.23. The number of hydrogen-bond acceptors (Lipinski definition) is 5. The molecular weight excluding hydrogens is 416 g/mol. The number of alkyl halides is 2. The summed E-state index contributed by atoms with van der Waals surface area (Å²) in [6, 6.07) is 4.77. The number of Topliss-reactive ketones (excluding diaryl/α,β-unsaturated/α-hetero) is 1. The van der Waals surface area contributed by atoms with Crippen LogP contribution < -0.4 is 10.1 Å². The van der Waals surface area contributed by atoms with Crippen molar-refractivity contribution in [3.8, 4) is 5.88 Å². The van der Waals surface area contributed by atoms with Crippen molar-refractivity contribution in [1.29, 1.82) is 0 Å². The number of amides is 1. The minimum atomic E-state index is -2.63. The van der Waals surface area contributed by atoms with Crippen LogP contribution in [0.5, 0.6) is 5.88 Å². The van der Waals surface area contributed by atoms with Gasteiger partial charge in [-0.2, -0.15) is 0 Å². The molecule has 1 fully saturated rings.